The molecule has 3 rings (SSSR count). The average Bonchev–Trinajstić information content (AvgIpc) is 3.11. The van der Waals surface area contributed by atoms with Gasteiger partial charge in [0.05, 0.1) is 12.3 Å². The summed E-state index contributed by atoms with van der Waals surface area (Å²) in [6, 6.07) is 12.0. The van der Waals surface area contributed by atoms with Gasteiger partial charge in [-0.1, -0.05) is 29.4 Å². The van der Waals surface area contributed by atoms with E-state index in [1.165, 1.54) is 24.3 Å². The van der Waals surface area contributed by atoms with Crippen LogP contribution in [0.1, 0.15) is 31.4 Å². The summed E-state index contributed by atoms with van der Waals surface area (Å²) < 4.78 is 26.6. The Hall–Kier alpha value is -2.96. The second-order valence-electron chi connectivity index (χ2n) is 7.09. The summed E-state index contributed by atoms with van der Waals surface area (Å²) in [5.41, 5.74) is 2.12. The highest BCUT2D eigenvalue weighted by Crippen LogP contribution is 2.19. The molecule has 2 aromatic rings. The van der Waals surface area contributed by atoms with Crippen molar-refractivity contribution < 1.29 is 18.4 Å². The molecule has 1 aliphatic heterocycles. The minimum atomic E-state index is -0.336. The number of hydrogen-bond donors (Lipinski definition) is 1. The van der Waals surface area contributed by atoms with Crippen molar-refractivity contribution in [2.45, 2.75) is 39.0 Å². The molecule has 2 amide bonds. The van der Waals surface area contributed by atoms with Crippen molar-refractivity contribution in [3.8, 4) is 0 Å². The van der Waals surface area contributed by atoms with Crippen molar-refractivity contribution in [3.05, 3.63) is 71.3 Å². The minimum Gasteiger partial charge on any atom is -0.390 e. The van der Waals surface area contributed by atoms with E-state index in [-0.39, 0.29) is 29.8 Å². The molecular formula is C21H23F2N3O2. The standard InChI is InChI=1S/C21H23F2N3O2/c1-14(2)24-21(27)26(12-15-6-8-17(22)9-7-15)13-19-11-20(25-28-19)16-4-3-5-18(23)10-16/h3-10,14,19H,11-13H2,1-2H3,(H,24,27)/t19-/m1/s1. The number of hydrogen-bond acceptors (Lipinski definition) is 3. The van der Waals surface area contributed by atoms with Gasteiger partial charge in [-0.25, -0.2) is 13.6 Å². The Morgan fingerprint density at radius 1 is 1.21 bits per heavy atom. The molecule has 148 valence electrons. The Morgan fingerprint density at radius 3 is 2.64 bits per heavy atom. The molecule has 5 nitrogen and oxygen atoms in total. The maximum Gasteiger partial charge on any atom is 0.318 e. The Morgan fingerprint density at radius 2 is 1.96 bits per heavy atom. The minimum absolute atomic E-state index is 0.0215. The van der Waals surface area contributed by atoms with Crippen LogP contribution in [0.5, 0.6) is 0 Å². The van der Waals surface area contributed by atoms with Crippen molar-refractivity contribution in [1.29, 1.82) is 0 Å². The molecule has 7 heteroatoms. The van der Waals surface area contributed by atoms with Gasteiger partial charge in [-0.2, -0.15) is 0 Å². The van der Waals surface area contributed by atoms with Gasteiger partial charge in [0.15, 0.2) is 6.10 Å². The number of nitrogens with zero attached hydrogens (tertiary/aromatic N) is 2. The van der Waals surface area contributed by atoms with Crippen LogP contribution in [-0.2, 0) is 11.4 Å². The molecule has 1 N–H and O–H groups in total. The lowest BCUT2D eigenvalue weighted by molar-refractivity contribution is 0.0586. The first-order valence-electron chi connectivity index (χ1n) is 9.19. The molecule has 0 saturated heterocycles. The largest absolute Gasteiger partial charge is 0.390 e. The summed E-state index contributed by atoms with van der Waals surface area (Å²) in [4.78, 5) is 19.7. The maximum atomic E-state index is 13.4. The van der Waals surface area contributed by atoms with Gasteiger partial charge in [0.1, 0.15) is 11.6 Å². The van der Waals surface area contributed by atoms with Crippen molar-refractivity contribution in [1.82, 2.24) is 10.2 Å². The number of halogens is 2. The molecule has 0 aliphatic carbocycles. The quantitative estimate of drug-likeness (QED) is 0.812. The van der Waals surface area contributed by atoms with E-state index < -0.39 is 0 Å². The SMILES string of the molecule is CC(C)NC(=O)N(Cc1ccc(F)cc1)C[C@H]1CC(c2cccc(F)c2)=NO1. The van der Waals surface area contributed by atoms with E-state index in [1.807, 2.05) is 13.8 Å². The fourth-order valence-electron chi connectivity index (χ4n) is 2.98. The molecular weight excluding hydrogens is 364 g/mol. The number of amides is 2. The number of benzene rings is 2. The molecule has 0 bridgehead atoms. The number of carbonyl (C=O) groups excluding carboxylic acids is 1. The van der Waals surface area contributed by atoms with Gasteiger partial charge in [0.25, 0.3) is 0 Å². The van der Waals surface area contributed by atoms with Crippen LogP contribution in [0.3, 0.4) is 0 Å². The Bertz CT molecular complexity index is 853. The average molecular weight is 387 g/mol. The van der Waals surface area contributed by atoms with Crippen LogP contribution in [-0.4, -0.2) is 35.3 Å². The van der Waals surface area contributed by atoms with E-state index in [0.29, 0.717) is 30.8 Å². The van der Waals surface area contributed by atoms with Gasteiger partial charge in [-0.05, 0) is 43.7 Å². The van der Waals surface area contributed by atoms with Crippen LogP contribution in [0.15, 0.2) is 53.7 Å². The Labute approximate surface area is 163 Å². The Balaban J connectivity index is 1.67. The van der Waals surface area contributed by atoms with Crippen LogP contribution in [0.4, 0.5) is 13.6 Å². The molecule has 0 aromatic heterocycles. The summed E-state index contributed by atoms with van der Waals surface area (Å²) in [6.45, 7) is 4.38. The van der Waals surface area contributed by atoms with Crippen molar-refractivity contribution >= 4 is 11.7 Å². The lowest BCUT2D eigenvalue weighted by atomic mass is 10.0. The zero-order chi connectivity index (χ0) is 20.1. The summed E-state index contributed by atoms with van der Waals surface area (Å²) >= 11 is 0. The monoisotopic (exact) mass is 387 g/mol. The van der Waals surface area contributed by atoms with Crippen LogP contribution in [0.25, 0.3) is 0 Å². The second kappa shape index (κ2) is 8.82. The van der Waals surface area contributed by atoms with Crippen molar-refractivity contribution in [3.63, 3.8) is 0 Å². The molecule has 2 aromatic carbocycles. The van der Waals surface area contributed by atoms with Gasteiger partial charge in [0, 0.05) is 24.6 Å². The van der Waals surface area contributed by atoms with Crippen LogP contribution < -0.4 is 5.32 Å². The van der Waals surface area contributed by atoms with E-state index in [4.69, 9.17) is 4.84 Å². The smallest absolute Gasteiger partial charge is 0.318 e. The summed E-state index contributed by atoms with van der Waals surface area (Å²) in [5, 5.41) is 6.93. The third-order valence-electron chi connectivity index (χ3n) is 4.30. The molecule has 0 spiro atoms. The molecule has 28 heavy (non-hydrogen) atoms. The molecule has 0 radical (unpaired) electrons. The van der Waals surface area contributed by atoms with E-state index in [0.717, 1.165) is 5.56 Å². The van der Waals surface area contributed by atoms with E-state index in [9.17, 15) is 13.6 Å². The van der Waals surface area contributed by atoms with Gasteiger partial charge in [0.2, 0.25) is 0 Å². The predicted molar refractivity (Wildman–Crippen MR) is 103 cm³/mol. The highest BCUT2D eigenvalue weighted by Gasteiger charge is 2.27. The predicted octanol–water partition coefficient (Wildman–Crippen LogP) is 4.08. The lowest BCUT2D eigenvalue weighted by Gasteiger charge is -2.26. The molecule has 1 aliphatic rings. The van der Waals surface area contributed by atoms with Crippen molar-refractivity contribution in [2.75, 3.05) is 6.54 Å². The van der Waals surface area contributed by atoms with Gasteiger partial charge >= 0.3 is 6.03 Å². The number of rotatable bonds is 6. The molecule has 1 atom stereocenters. The topological polar surface area (TPSA) is 53.9 Å². The third kappa shape index (κ3) is 5.28. The zero-order valence-electron chi connectivity index (χ0n) is 15.9. The van der Waals surface area contributed by atoms with E-state index in [1.54, 1.807) is 29.2 Å². The molecule has 0 unspecified atom stereocenters. The number of oxime groups is 1. The highest BCUT2D eigenvalue weighted by atomic mass is 19.1. The summed E-state index contributed by atoms with van der Waals surface area (Å²) in [6.07, 6.45) is 0.134. The van der Waals surface area contributed by atoms with Crippen LogP contribution >= 0.6 is 0 Å². The summed E-state index contributed by atoms with van der Waals surface area (Å²) in [5.74, 6) is -0.660. The first-order valence-corrected chi connectivity index (χ1v) is 9.19. The fourth-order valence-corrected chi connectivity index (χ4v) is 2.98. The van der Waals surface area contributed by atoms with E-state index >= 15 is 0 Å². The number of carbonyl (C=O) groups is 1. The lowest BCUT2D eigenvalue weighted by Crippen LogP contribution is -2.45. The normalized spacial score (nSPS) is 15.9. The Kier molecular flexibility index (Phi) is 6.23. The molecule has 1 heterocycles. The highest BCUT2D eigenvalue weighted by molar-refractivity contribution is 6.01. The van der Waals surface area contributed by atoms with Crippen LogP contribution in [0.2, 0.25) is 0 Å². The van der Waals surface area contributed by atoms with Gasteiger partial charge < -0.3 is 15.1 Å². The first-order chi connectivity index (χ1) is 13.4. The second-order valence-corrected chi connectivity index (χ2v) is 7.09. The molecule has 0 fully saturated rings. The van der Waals surface area contributed by atoms with Gasteiger partial charge in [-0.3, -0.25) is 0 Å². The number of urea groups is 1. The fraction of sp³-hybridized carbons (Fsp3) is 0.333. The maximum absolute atomic E-state index is 13.4. The zero-order valence-corrected chi connectivity index (χ0v) is 15.9. The molecule has 0 saturated carbocycles. The summed E-state index contributed by atoms with van der Waals surface area (Å²) in [7, 11) is 0. The van der Waals surface area contributed by atoms with Crippen LogP contribution in [0, 0.1) is 11.6 Å². The third-order valence-corrected chi connectivity index (χ3v) is 4.30. The van der Waals surface area contributed by atoms with Gasteiger partial charge in [-0.15, -0.1) is 0 Å². The first kappa shape index (κ1) is 19.8. The van der Waals surface area contributed by atoms with E-state index in [2.05, 4.69) is 10.5 Å². The number of nitrogens with one attached hydrogen (secondary N) is 1. The van der Waals surface area contributed by atoms with Crippen molar-refractivity contribution in [2.24, 2.45) is 5.16 Å².